The molecule has 0 saturated heterocycles. The van der Waals surface area contributed by atoms with E-state index in [9.17, 15) is 9.90 Å². The molecule has 0 radical (unpaired) electrons. The number of carbonyl (C=O) groups excluding carboxylic acids is 1. The number of carbonyl (C=O) groups is 1. The molecule has 6 heteroatoms. The highest BCUT2D eigenvalue weighted by atomic mass is 16.3. The van der Waals surface area contributed by atoms with Crippen molar-refractivity contribution in [1.82, 2.24) is 4.98 Å². The van der Waals surface area contributed by atoms with E-state index >= 15 is 0 Å². The van der Waals surface area contributed by atoms with Crippen LogP contribution in [0.1, 0.15) is 5.56 Å². The van der Waals surface area contributed by atoms with Crippen molar-refractivity contribution in [2.24, 2.45) is 16.0 Å². The van der Waals surface area contributed by atoms with Crippen molar-refractivity contribution in [3.8, 4) is 5.88 Å². The molecule has 0 atom stereocenters. The first-order chi connectivity index (χ1) is 7.58. The number of urea groups is 1. The molecule has 0 aliphatic carbocycles. The van der Waals surface area contributed by atoms with E-state index in [4.69, 9.17) is 5.73 Å². The summed E-state index contributed by atoms with van der Waals surface area (Å²) in [6, 6.07) is 4.64. The standard InChI is InChI=1S/C10H10N4O2/c1-5-2-3-7-6(4-5)8(9(15)12-7)13-14-10(11)16/h2-4,12,15H,1H3,(H2,11,16). The van der Waals surface area contributed by atoms with Gasteiger partial charge in [-0.15, -0.1) is 5.11 Å². The van der Waals surface area contributed by atoms with Gasteiger partial charge in [0.05, 0.1) is 5.52 Å². The number of hydrogen-bond acceptors (Lipinski definition) is 3. The fourth-order valence-electron chi connectivity index (χ4n) is 1.48. The maximum absolute atomic E-state index is 10.5. The number of nitrogens with zero attached hydrogens (tertiary/aromatic N) is 2. The van der Waals surface area contributed by atoms with E-state index < -0.39 is 6.03 Å². The van der Waals surface area contributed by atoms with Crippen molar-refractivity contribution >= 4 is 22.6 Å². The second-order valence-corrected chi connectivity index (χ2v) is 3.41. The Morgan fingerprint density at radius 3 is 2.94 bits per heavy atom. The molecule has 2 aromatic rings. The van der Waals surface area contributed by atoms with E-state index in [1.807, 2.05) is 25.1 Å². The number of aromatic amines is 1. The molecular formula is C10H10N4O2. The van der Waals surface area contributed by atoms with Crippen LogP contribution in [0, 0.1) is 6.92 Å². The Morgan fingerprint density at radius 1 is 1.50 bits per heavy atom. The van der Waals surface area contributed by atoms with Gasteiger partial charge in [-0.2, -0.15) is 0 Å². The topological polar surface area (TPSA) is 104 Å². The van der Waals surface area contributed by atoms with Gasteiger partial charge in [0.1, 0.15) is 0 Å². The van der Waals surface area contributed by atoms with Crippen LogP contribution in [-0.4, -0.2) is 16.1 Å². The summed E-state index contributed by atoms with van der Waals surface area (Å²) in [5.41, 5.74) is 6.80. The second kappa shape index (κ2) is 3.65. The Kier molecular flexibility index (Phi) is 2.32. The van der Waals surface area contributed by atoms with E-state index in [2.05, 4.69) is 15.2 Å². The maximum atomic E-state index is 10.5. The smallest absolute Gasteiger partial charge is 0.356 e. The number of benzene rings is 1. The lowest BCUT2D eigenvalue weighted by molar-refractivity contribution is 0.255. The number of primary amides is 1. The minimum Gasteiger partial charge on any atom is -0.493 e. The van der Waals surface area contributed by atoms with Gasteiger partial charge < -0.3 is 15.8 Å². The van der Waals surface area contributed by atoms with E-state index in [-0.39, 0.29) is 11.6 Å². The molecule has 1 aromatic carbocycles. The fraction of sp³-hybridized carbons (Fsp3) is 0.100. The monoisotopic (exact) mass is 218 g/mol. The number of amides is 2. The molecule has 0 bridgehead atoms. The number of nitrogens with one attached hydrogen (secondary N) is 1. The molecule has 1 aromatic heterocycles. The number of hydrogen-bond donors (Lipinski definition) is 3. The SMILES string of the molecule is Cc1ccc2[nH]c(O)c(N=NC(N)=O)c2c1. The van der Waals surface area contributed by atoms with Crippen molar-refractivity contribution in [2.75, 3.05) is 0 Å². The largest absolute Gasteiger partial charge is 0.493 e. The Morgan fingerprint density at radius 2 is 2.25 bits per heavy atom. The molecule has 2 amide bonds. The molecule has 0 spiro atoms. The molecule has 16 heavy (non-hydrogen) atoms. The minimum absolute atomic E-state index is 0.134. The summed E-state index contributed by atoms with van der Waals surface area (Å²) in [6.45, 7) is 1.92. The average molecular weight is 218 g/mol. The van der Waals surface area contributed by atoms with Gasteiger partial charge in [0.15, 0.2) is 5.69 Å². The highest BCUT2D eigenvalue weighted by Crippen LogP contribution is 2.35. The third-order valence-corrected chi connectivity index (χ3v) is 2.16. The lowest BCUT2D eigenvalue weighted by Crippen LogP contribution is -2.01. The molecule has 4 N–H and O–H groups in total. The van der Waals surface area contributed by atoms with Crippen molar-refractivity contribution in [2.45, 2.75) is 6.92 Å². The zero-order valence-electron chi connectivity index (χ0n) is 8.56. The summed E-state index contributed by atoms with van der Waals surface area (Å²) >= 11 is 0. The van der Waals surface area contributed by atoms with Gasteiger partial charge in [0, 0.05) is 5.39 Å². The van der Waals surface area contributed by atoms with Gasteiger partial charge in [-0.05, 0) is 19.1 Å². The molecule has 0 saturated carbocycles. The van der Waals surface area contributed by atoms with Gasteiger partial charge in [0.25, 0.3) is 0 Å². The zero-order chi connectivity index (χ0) is 11.7. The molecule has 82 valence electrons. The van der Waals surface area contributed by atoms with Crippen LogP contribution < -0.4 is 5.73 Å². The Hall–Kier alpha value is -2.37. The van der Waals surface area contributed by atoms with Crippen molar-refractivity contribution < 1.29 is 9.90 Å². The molecule has 0 aliphatic rings. The second-order valence-electron chi connectivity index (χ2n) is 3.41. The lowest BCUT2D eigenvalue weighted by Gasteiger charge is -1.93. The number of H-pyrrole nitrogens is 1. The van der Waals surface area contributed by atoms with Gasteiger partial charge in [-0.3, -0.25) is 0 Å². The number of aromatic nitrogens is 1. The summed E-state index contributed by atoms with van der Waals surface area (Å²) < 4.78 is 0. The Bertz CT molecular complexity index is 586. The molecule has 1 heterocycles. The number of aromatic hydroxyl groups is 1. The summed E-state index contributed by atoms with van der Waals surface area (Å²) in [4.78, 5) is 13.2. The first-order valence-electron chi connectivity index (χ1n) is 4.60. The fourth-order valence-corrected chi connectivity index (χ4v) is 1.48. The zero-order valence-corrected chi connectivity index (χ0v) is 8.56. The first-order valence-corrected chi connectivity index (χ1v) is 4.60. The highest BCUT2D eigenvalue weighted by molar-refractivity contribution is 5.94. The average Bonchev–Trinajstić information content (AvgIpc) is 2.51. The third-order valence-electron chi connectivity index (χ3n) is 2.16. The summed E-state index contributed by atoms with van der Waals surface area (Å²) in [5, 5.41) is 17.1. The minimum atomic E-state index is -0.901. The van der Waals surface area contributed by atoms with Crippen LogP contribution in [-0.2, 0) is 0 Å². The van der Waals surface area contributed by atoms with Crippen LogP contribution in [0.15, 0.2) is 28.4 Å². The normalized spacial score (nSPS) is 11.3. The summed E-state index contributed by atoms with van der Waals surface area (Å²) in [6.07, 6.45) is 0. The van der Waals surface area contributed by atoms with Gasteiger partial charge in [0.2, 0.25) is 5.88 Å². The lowest BCUT2D eigenvalue weighted by atomic mass is 10.2. The Labute approximate surface area is 90.8 Å². The first kappa shape index (κ1) is 10.2. The number of aryl methyl sites for hydroxylation is 1. The van der Waals surface area contributed by atoms with E-state index in [1.165, 1.54) is 0 Å². The van der Waals surface area contributed by atoms with Crippen LogP contribution in [0.4, 0.5) is 10.5 Å². The quantitative estimate of drug-likeness (QED) is 0.639. The van der Waals surface area contributed by atoms with Crippen LogP contribution in [0.2, 0.25) is 0 Å². The molecular weight excluding hydrogens is 208 g/mol. The Balaban J connectivity index is 2.62. The van der Waals surface area contributed by atoms with Crippen LogP contribution in [0.3, 0.4) is 0 Å². The van der Waals surface area contributed by atoms with Crippen LogP contribution in [0.5, 0.6) is 5.88 Å². The number of rotatable bonds is 1. The van der Waals surface area contributed by atoms with Crippen molar-refractivity contribution in [3.05, 3.63) is 23.8 Å². The van der Waals surface area contributed by atoms with Gasteiger partial charge >= 0.3 is 6.03 Å². The summed E-state index contributed by atoms with van der Waals surface area (Å²) in [5.74, 6) is -0.134. The van der Waals surface area contributed by atoms with E-state index in [1.54, 1.807) is 0 Å². The molecule has 6 nitrogen and oxygen atoms in total. The van der Waals surface area contributed by atoms with Crippen LogP contribution >= 0.6 is 0 Å². The summed E-state index contributed by atoms with van der Waals surface area (Å²) in [7, 11) is 0. The molecule has 0 aliphatic heterocycles. The molecule has 0 fully saturated rings. The molecule has 0 unspecified atom stereocenters. The predicted octanol–water partition coefficient (Wildman–Crippen LogP) is 2.34. The van der Waals surface area contributed by atoms with E-state index in [0.717, 1.165) is 11.1 Å². The van der Waals surface area contributed by atoms with Gasteiger partial charge in [-0.25, -0.2) is 4.79 Å². The number of nitrogens with two attached hydrogens (primary N) is 1. The van der Waals surface area contributed by atoms with Crippen molar-refractivity contribution in [3.63, 3.8) is 0 Å². The van der Waals surface area contributed by atoms with Crippen molar-refractivity contribution in [1.29, 1.82) is 0 Å². The predicted molar refractivity (Wildman–Crippen MR) is 58.8 cm³/mol. The third kappa shape index (κ3) is 1.72. The van der Waals surface area contributed by atoms with Crippen LogP contribution in [0.25, 0.3) is 10.9 Å². The number of fused-ring (bicyclic) bond motifs is 1. The highest BCUT2D eigenvalue weighted by Gasteiger charge is 2.10. The van der Waals surface area contributed by atoms with E-state index in [0.29, 0.717) is 5.39 Å². The molecule has 2 rings (SSSR count). The number of azo groups is 1. The van der Waals surface area contributed by atoms with Gasteiger partial charge in [-0.1, -0.05) is 16.7 Å². The maximum Gasteiger partial charge on any atom is 0.356 e.